The molecule has 5 heteroatoms. The Morgan fingerprint density at radius 3 is 2.67 bits per heavy atom. The summed E-state index contributed by atoms with van der Waals surface area (Å²) in [5.41, 5.74) is -0.757. The second-order valence-corrected chi connectivity index (χ2v) is 6.11. The molecular formula is C13H18N2O2S. The molecule has 3 amide bonds. The van der Waals surface area contributed by atoms with Crippen LogP contribution in [0.3, 0.4) is 0 Å². The van der Waals surface area contributed by atoms with Crippen LogP contribution >= 0.6 is 11.3 Å². The summed E-state index contributed by atoms with van der Waals surface area (Å²) in [6.07, 6.45) is 0.727. The van der Waals surface area contributed by atoms with Crippen molar-refractivity contribution in [1.29, 1.82) is 0 Å². The topological polar surface area (TPSA) is 49.4 Å². The van der Waals surface area contributed by atoms with Crippen molar-refractivity contribution < 1.29 is 9.59 Å². The number of amides is 3. The molecule has 0 radical (unpaired) electrons. The average Bonchev–Trinajstić information content (AvgIpc) is 2.87. The van der Waals surface area contributed by atoms with Crippen LogP contribution in [-0.2, 0) is 11.2 Å². The Balaban J connectivity index is 2.06. The molecule has 2 rings (SSSR count). The van der Waals surface area contributed by atoms with E-state index in [1.807, 2.05) is 31.4 Å². The first kappa shape index (κ1) is 13.1. The minimum absolute atomic E-state index is 0.0840. The maximum atomic E-state index is 12.3. The minimum atomic E-state index is -0.757. The lowest BCUT2D eigenvalue weighted by atomic mass is 9.88. The van der Waals surface area contributed by atoms with Gasteiger partial charge in [-0.1, -0.05) is 19.9 Å². The van der Waals surface area contributed by atoms with Gasteiger partial charge in [0.2, 0.25) is 0 Å². The molecule has 98 valence electrons. The first-order chi connectivity index (χ1) is 8.45. The second kappa shape index (κ2) is 4.72. The fourth-order valence-corrected chi connectivity index (χ4v) is 2.69. The lowest BCUT2D eigenvalue weighted by Gasteiger charge is -2.25. The maximum absolute atomic E-state index is 12.3. The molecule has 0 saturated carbocycles. The van der Waals surface area contributed by atoms with Gasteiger partial charge in [0.15, 0.2) is 0 Å². The summed E-state index contributed by atoms with van der Waals surface area (Å²) in [5.74, 6) is -0.0280. The van der Waals surface area contributed by atoms with E-state index in [-0.39, 0.29) is 17.9 Å². The van der Waals surface area contributed by atoms with Gasteiger partial charge in [-0.2, -0.15) is 0 Å². The predicted molar refractivity (Wildman–Crippen MR) is 71.5 cm³/mol. The van der Waals surface area contributed by atoms with E-state index in [0.717, 1.165) is 6.42 Å². The molecule has 0 aromatic carbocycles. The highest BCUT2D eigenvalue weighted by Gasteiger charge is 2.49. The normalized spacial score (nSPS) is 23.9. The number of nitrogens with zero attached hydrogens (tertiary/aromatic N) is 1. The van der Waals surface area contributed by atoms with Crippen molar-refractivity contribution in [3.05, 3.63) is 22.4 Å². The number of nitrogens with one attached hydrogen (secondary N) is 1. The molecule has 1 N–H and O–H groups in total. The quantitative estimate of drug-likeness (QED) is 0.850. The van der Waals surface area contributed by atoms with Crippen LogP contribution in [0.5, 0.6) is 0 Å². The standard InChI is InChI=1S/C13H18N2O2S/c1-9(2)13(3)11(16)15(12(17)14-13)7-6-10-5-4-8-18-10/h4-5,8-9H,6-7H2,1-3H3,(H,14,17)/t13-/m0/s1. The van der Waals surface area contributed by atoms with Gasteiger partial charge in [-0.3, -0.25) is 9.69 Å². The Kier molecular flexibility index (Phi) is 3.43. The van der Waals surface area contributed by atoms with Gasteiger partial charge in [0.1, 0.15) is 5.54 Å². The molecule has 1 aromatic rings. The van der Waals surface area contributed by atoms with Crippen molar-refractivity contribution in [2.45, 2.75) is 32.7 Å². The number of carbonyl (C=O) groups excluding carboxylic acids is 2. The third-order valence-electron chi connectivity index (χ3n) is 3.62. The van der Waals surface area contributed by atoms with Gasteiger partial charge < -0.3 is 5.32 Å². The van der Waals surface area contributed by atoms with Crippen LogP contribution in [-0.4, -0.2) is 28.9 Å². The minimum Gasteiger partial charge on any atom is -0.323 e. The molecule has 1 fully saturated rings. The zero-order chi connectivity index (χ0) is 13.3. The van der Waals surface area contributed by atoms with E-state index in [0.29, 0.717) is 6.54 Å². The molecule has 0 bridgehead atoms. The van der Waals surface area contributed by atoms with E-state index in [1.165, 1.54) is 9.78 Å². The molecule has 1 aromatic heterocycles. The summed E-state index contributed by atoms with van der Waals surface area (Å²) in [4.78, 5) is 26.7. The Morgan fingerprint density at radius 2 is 2.17 bits per heavy atom. The Bertz CT molecular complexity index is 456. The van der Waals surface area contributed by atoms with Crippen molar-refractivity contribution >= 4 is 23.3 Å². The number of rotatable bonds is 4. The highest BCUT2D eigenvalue weighted by molar-refractivity contribution is 7.09. The van der Waals surface area contributed by atoms with Crippen LogP contribution < -0.4 is 5.32 Å². The highest BCUT2D eigenvalue weighted by atomic mass is 32.1. The first-order valence-corrected chi connectivity index (χ1v) is 6.99. The van der Waals surface area contributed by atoms with Crippen molar-refractivity contribution in [2.75, 3.05) is 6.54 Å². The summed E-state index contributed by atoms with van der Waals surface area (Å²) >= 11 is 1.65. The monoisotopic (exact) mass is 266 g/mol. The van der Waals surface area contributed by atoms with Gasteiger partial charge in [0, 0.05) is 11.4 Å². The predicted octanol–water partition coefficient (Wildman–Crippen LogP) is 2.26. The van der Waals surface area contributed by atoms with E-state index in [2.05, 4.69) is 5.32 Å². The van der Waals surface area contributed by atoms with Crippen LogP contribution in [0, 0.1) is 5.92 Å². The van der Waals surface area contributed by atoms with Crippen molar-refractivity contribution in [3.8, 4) is 0 Å². The Hall–Kier alpha value is -1.36. The Labute approximate surface area is 111 Å². The molecule has 1 aliphatic heterocycles. The highest BCUT2D eigenvalue weighted by Crippen LogP contribution is 2.25. The SMILES string of the molecule is CC(C)[C@]1(C)NC(=O)N(CCc2cccs2)C1=O. The summed E-state index contributed by atoms with van der Waals surface area (Å²) in [7, 11) is 0. The maximum Gasteiger partial charge on any atom is 0.325 e. The van der Waals surface area contributed by atoms with Crippen LogP contribution in [0.1, 0.15) is 25.6 Å². The average molecular weight is 266 g/mol. The van der Waals surface area contributed by atoms with Gasteiger partial charge in [-0.15, -0.1) is 11.3 Å². The summed E-state index contributed by atoms with van der Waals surface area (Å²) < 4.78 is 0. The number of urea groups is 1. The number of hydrogen-bond donors (Lipinski definition) is 1. The van der Waals surface area contributed by atoms with Crippen LogP contribution in [0.15, 0.2) is 17.5 Å². The van der Waals surface area contributed by atoms with Gasteiger partial charge in [-0.05, 0) is 30.7 Å². The van der Waals surface area contributed by atoms with E-state index in [1.54, 1.807) is 18.3 Å². The summed E-state index contributed by atoms with van der Waals surface area (Å²) in [6, 6.07) is 3.72. The van der Waals surface area contributed by atoms with Crippen molar-refractivity contribution in [2.24, 2.45) is 5.92 Å². The molecule has 0 aliphatic carbocycles. The van der Waals surface area contributed by atoms with Crippen LogP contribution in [0.4, 0.5) is 4.79 Å². The third-order valence-corrected chi connectivity index (χ3v) is 4.55. The summed E-state index contributed by atoms with van der Waals surface area (Å²) in [5, 5.41) is 4.80. The number of carbonyl (C=O) groups is 2. The second-order valence-electron chi connectivity index (χ2n) is 5.07. The van der Waals surface area contributed by atoms with Gasteiger partial charge in [0.25, 0.3) is 5.91 Å². The molecule has 18 heavy (non-hydrogen) atoms. The number of imide groups is 1. The molecule has 2 heterocycles. The van der Waals surface area contributed by atoms with E-state index < -0.39 is 5.54 Å². The van der Waals surface area contributed by atoms with E-state index in [4.69, 9.17) is 0 Å². The van der Waals surface area contributed by atoms with Crippen molar-refractivity contribution in [3.63, 3.8) is 0 Å². The fourth-order valence-electron chi connectivity index (χ4n) is 1.99. The molecule has 1 saturated heterocycles. The zero-order valence-electron chi connectivity index (χ0n) is 10.9. The van der Waals surface area contributed by atoms with Gasteiger partial charge in [0.05, 0.1) is 0 Å². The molecular weight excluding hydrogens is 248 g/mol. The first-order valence-electron chi connectivity index (χ1n) is 6.11. The largest absolute Gasteiger partial charge is 0.325 e. The molecule has 1 atom stereocenters. The summed E-state index contributed by atoms with van der Waals surface area (Å²) in [6.45, 7) is 6.14. The lowest BCUT2D eigenvalue weighted by molar-refractivity contribution is -0.132. The number of thiophene rings is 1. The van der Waals surface area contributed by atoms with Gasteiger partial charge in [-0.25, -0.2) is 4.79 Å². The smallest absolute Gasteiger partial charge is 0.323 e. The molecule has 1 aliphatic rings. The number of hydrogen-bond acceptors (Lipinski definition) is 3. The third kappa shape index (κ3) is 2.14. The zero-order valence-corrected chi connectivity index (χ0v) is 11.7. The molecule has 0 unspecified atom stereocenters. The van der Waals surface area contributed by atoms with Crippen molar-refractivity contribution in [1.82, 2.24) is 10.2 Å². The fraction of sp³-hybridized carbons (Fsp3) is 0.538. The molecule has 0 spiro atoms. The van der Waals surface area contributed by atoms with Crippen LogP contribution in [0.25, 0.3) is 0 Å². The Morgan fingerprint density at radius 1 is 1.44 bits per heavy atom. The lowest BCUT2D eigenvalue weighted by Crippen LogP contribution is -2.48. The molecule has 4 nitrogen and oxygen atoms in total. The van der Waals surface area contributed by atoms with Crippen LogP contribution in [0.2, 0.25) is 0 Å². The van der Waals surface area contributed by atoms with E-state index >= 15 is 0 Å². The van der Waals surface area contributed by atoms with Gasteiger partial charge >= 0.3 is 6.03 Å². The van der Waals surface area contributed by atoms with E-state index in [9.17, 15) is 9.59 Å².